The van der Waals surface area contributed by atoms with Crippen LogP contribution >= 0.6 is 11.3 Å². The second kappa shape index (κ2) is 6.98. The van der Waals surface area contributed by atoms with Gasteiger partial charge in [-0.1, -0.05) is 6.07 Å². The lowest BCUT2D eigenvalue weighted by atomic mass is 10.3. The highest BCUT2D eigenvalue weighted by molar-refractivity contribution is 7.09. The first-order valence-electron chi connectivity index (χ1n) is 5.41. The summed E-state index contributed by atoms with van der Waals surface area (Å²) in [6.07, 6.45) is -5.06. The van der Waals surface area contributed by atoms with Crippen LogP contribution in [0.2, 0.25) is 0 Å². The third kappa shape index (κ3) is 6.05. The summed E-state index contributed by atoms with van der Waals surface area (Å²) >= 11 is 1.67. The lowest BCUT2D eigenvalue weighted by Gasteiger charge is -2.16. The largest absolute Gasteiger partial charge is 0.414 e. The van der Waals surface area contributed by atoms with Crippen LogP contribution in [0.15, 0.2) is 17.5 Å². The van der Waals surface area contributed by atoms with Gasteiger partial charge in [-0.3, -0.25) is 0 Å². The van der Waals surface area contributed by atoms with E-state index in [-0.39, 0.29) is 6.61 Å². The first-order chi connectivity index (χ1) is 8.00. The van der Waals surface area contributed by atoms with E-state index in [0.29, 0.717) is 6.54 Å². The van der Waals surface area contributed by atoms with Crippen LogP contribution < -0.4 is 5.32 Å². The summed E-state index contributed by atoms with van der Waals surface area (Å²) in [5.74, 6) is 0. The molecule has 0 aliphatic rings. The third-order valence-corrected chi connectivity index (χ3v) is 3.17. The van der Waals surface area contributed by atoms with E-state index < -0.39 is 12.3 Å². The van der Waals surface area contributed by atoms with Gasteiger partial charge >= 0.3 is 6.18 Å². The summed E-state index contributed by atoms with van der Waals surface area (Å²) in [6.45, 7) is 2.28. The Labute approximate surface area is 103 Å². The van der Waals surface area contributed by atoms with Crippen molar-refractivity contribution in [2.24, 2.45) is 0 Å². The molecule has 1 unspecified atom stereocenters. The zero-order valence-electron chi connectivity index (χ0n) is 9.59. The van der Waals surface area contributed by atoms with Gasteiger partial charge in [0.25, 0.3) is 0 Å². The molecule has 17 heavy (non-hydrogen) atoms. The standard InChI is InChI=1S/C11H16F3NOS/c1-9(11(12,13)14)16-7-6-15-5-4-10-3-2-8-17-10/h2-3,8-9,15H,4-7H2,1H3. The van der Waals surface area contributed by atoms with Crippen LogP contribution in [0.1, 0.15) is 11.8 Å². The van der Waals surface area contributed by atoms with Crippen molar-refractivity contribution in [1.29, 1.82) is 0 Å². The molecule has 1 N–H and O–H groups in total. The van der Waals surface area contributed by atoms with Crippen LogP contribution in [-0.2, 0) is 11.2 Å². The fraction of sp³-hybridized carbons (Fsp3) is 0.636. The molecule has 1 aromatic rings. The predicted molar refractivity (Wildman–Crippen MR) is 62.4 cm³/mol. The van der Waals surface area contributed by atoms with Crippen LogP contribution in [0.3, 0.4) is 0 Å². The van der Waals surface area contributed by atoms with E-state index in [1.165, 1.54) is 4.88 Å². The smallest absolute Gasteiger partial charge is 0.368 e. The van der Waals surface area contributed by atoms with Gasteiger partial charge in [0.2, 0.25) is 0 Å². The summed E-state index contributed by atoms with van der Waals surface area (Å²) in [6, 6.07) is 4.02. The number of alkyl halides is 3. The summed E-state index contributed by atoms with van der Waals surface area (Å²) in [5, 5.41) is 5.05. The Morgan fingerprint density at radius 1 is 1.41 bits per heavy atom. The predicted octanol–water partition coefficient (Wildman–Crippen LogP) is 2.85. The zero-order valence-corrected chi connectivity index (χ0v) is 10.4. The molecule has 0 spiro atoms. The summed E-state index contributed by atoms with van der Waals surface area (Å²) in [5.41, 5.74) is 0. The Bertz CT molecular complexity index is 300. The Balaban J connectivity index is 1.98. The highest BCUT2D eigenvalue weighted by Crippen LogP contribution is 2.21. The van der Waals surface area contributed by atoms with Gasteiger partial charge in [-0.2, -0.15) is 13.2 Å². The lowest BCUT2D eigenvalue weighted by Crippen LogP contribution is -2.31. The number of thiophene rings is 1. The average molecular weight is 267 g/mol. The normalized spacial score (nSPS) is 13.9. The van der Waals surface area contributed by atoms with Gasteiger partial charge < -0.3 is 10.1 Å². The average Bonchev–Trinajstić information content (AvgIpc) is 2.74. The van der Waals surface area contributed by atoms with Gasteiger partial charge in [-0.15, -0.1) is 11.3 Å². The van der Waals surface area contributed by atoms with Gasteiger partial charge in [-0.25, -0.2) is 0 Å². The van der Waals surface area contributed by atoms with E-state index in [1.54, 1.807) is 11.3 Å². The molecule has 1 heterocycles. The van der Waals surface area contributed by atoms with Gasteiger partial charge in [-0.05, 0) is 24.8 Å². The van der Waals surface area contributed by atoms with E-state index in [9.17, 15) is 13.2 Å². The zero-order chi connectivity index (χ0) is 12.7. The molecule has 0 aromatic carbocycles. The quantitative estimate of drug-likeness (QED) is 0.767. The second-order valence-corrected chi connectivity index (χ2v) is 4.67. The lowest BCUT2D eigenvalue weighted by molar-refractivity contribution is -0.213. The molecule has 6 heteroatoms. The number of nitrogens with one attached hydrogen (secondary N) is 1. The van der Waals surface area contributed by atoms with E-state index >= 15 is 0 Å². The summed E-state index contributed by atoms with van der Waals surface area (Å²) in [7, 11) is 0. The first kappa shape index (κ1) is 14.5. The molecule has 1 aromatic heterocycles. The molecule has 0 saturated heterocycles. The van der Waals surface area contributed by atoms with Gasteiger partial charge in [0, 0.05) is 18.0 Å². The molecular formula is C11H16F3NOS. The molecular weight excluding hydrogens is 251 g/mol. The van der Waals surface area contributed by atoms with Gasteiger partial charge in [0.1, 0.15) is 0 Å². The maximum atomic E-state index is 12.1. The van der Waals surface area contributed by atoms with Crippen LogP contribution in [0.25, 0.3) is 0 Å². The highest BCUT2D eigenvalue weighted by atomic mass is 32.1. The van der Waals surface area contributed by atoms with Crippen molar-refractivity contribution >= 4 is 11.3 Å². The molecule has 1 atom stereocenters. The SMILES string of the molecule is CC(OCCNCCc1cccs1)C(F)(F)F. The van der Waals surface area contributed by atoms with Crippen molar-refractivity contribution in [2.75, 3.05) is 19.7 Å². The van der Waals surface area contributed by atoms with Gasteiger partial charge in [0.15, 0.2) is 6.10 Å². The monoisotopic (exact) mass is 267 g/mol. The Hall–Kier alpha value is -0.590. The number of ether oxygens (including phenoxy) is 1. The maximum Gasteiger partial charge on any atom is 0.414 e. The first-order valence-corrected chi connectivity index (χ1v) is 6.29. The minimum atomic E-state index is -4.27. The number of rotatable bonds is 7. The second-order valence-electron chi connectivity index (χ2n) is 3.63. The van der Waals surface area contributed by atoms with Crippen molar-refractivity contribution in [1.82, 2.24) is 5.32 Å². The van der Waals surface area contributed by atoms with Crippen molar-refractivity contribution in [3.8, 4) is 0 Å². The minimum absolute atomic E-state index is 0.0745. The van der Waals surface area contributed by atoms with Crippen molar-refractivity contribution in [3.05, 3.63) is 22.4 Å². The molecule has 2 nitrogen and oxygen atoms in total. The van der Waals surface area contributed by atoms with Crippen molar-refractivity contribution in [3.63, 3.8) is 0 Å². The molecule has 0 saturated carbocycles. The molecule has 0 amide bonds. The molecule has 0 aliphatic heterocycles. The van der Waals surface area contributed by atoms with Crippen molar-refractivity contribution in [2.45, 2.75) is 25.6 Å². The summed E-state index contributed by atoms with van der Waals surface area (Å²) in [4.78, 5) is 1.27. The highest BCUT2D eigenvalue weighted by Gasteiger charge is 2.36. The molecule has 0 bridgehead atoms. The Morgan fingerprint density at radius 3 is 2.76 bits per heavy atom. The molecule has 1 rings (SSSR count). The van der Waals surface area contributed by atoms with E-state index in [2.05, 4.69) is 10.1 Å². The van der Waals surface area contributed by atoms with E-state index in [4.69, 9.17) is 0 Å². The number of hydrogen-bond donors (Lipinski definition) is 1. The fourth-order valence-corrected chi connectivity index (χ4v) is 1.90. The van der Waals surface area contributed by atoms with Crippen LogP contribution in [0.5, 0.6) is 0 Å². The van der Waals surface area contributed by atoms with Crippen LogP contribution in [0, 0.1) is 0 Å². The number of hydrogen-bond acceptors (Lipinski definition) is 3. The maximum absolute atomic E-state index is 12.1. The molecule has 98 valence electrons. The summed E-state index contributed by atoms with van der Waals surface area (Å²) < 4.78 is 40.9. The number of halogens is 3. The van der Waals surface area contributed by atoms with E-state index in [1.807, 2.05) is 17.5 Å². The third-order valence-electron chi connectivity index (χ3n) is 2.24. The Morgan fingerprint density at radius 2 is 2.18 bits per heavy atom. The molecule has 0 aliphatic carbocycles. The van der Waals surface area contributed by atoms with Crippen LogP contribution in [-0.4, -0.2) is 32.0 Å². The van der Waals surface area contributed by atoms with Crippen LogP contribution in [0.4, 0.5) is 13.2 Å². The topological polar surface area (TPSA) is 21.3 Å². The van der Waals surface area contributed by atoms with E-state index in [0.717, 1.165) is 19.9 Å². The Kier molecular flexibility index (Phi) is 5.94. The minimum Gasteiger partial charge on any atom is -0.368 e. The van der Waals surface area contributed by atoms with Gasteiger partial charge in [0.05, 0.1) is 6.61 Å². The molecule has 0 radical (unpaired) electrons. The molecule has 0 fully saturated rings. The van der Waals surface area contributed by atoms with Crippen molar-refractivity contribution < 1.29 is 17.9 Å². The fourth-order valence-electron chi connectivity index (χ4n) is 1.19.